The predicted molar refractivity (Wildman–Crippen MR) is 105 cm³/mol. The summed E-state index contributed by atoms with van der Waals surface area (Å²) in [6.45, 7) is 9.62. The number of fused-ring (bicyclic) bond motifs is 1. The zero-order chi connectivity index (χ0) is 19.4. The largest absolute Gasteiger partial charge is 0.386 e. The van der Waals surface area contributed by atoms with Crippen molar-refractivity contribution in [3.05, 3.63) is 41.2 Å². The molecular weight excluding hydrogens is 364 g/mol. The van der Waals surface area contributed by atoms with Crippen molar-refractivity contribution in [2.75, 3.05) is 18.0 Å². The summed E-state index contributed by atoms with van der Waals surface area (Å²) in [6.07, 6.45) is 3.47. The first kappa shape index (κ1) is 18.1. The number of aromatic nitrogens is 5. The van der Waals surface area contributed by atoms with Gasteiger partial charge in [0, 0.05) is 24.7 Å². The summed E-state index contributed by atoms with van der Waals surface area (Å²) in [5.41, 5.74) is 1.34. The molecular formula is C19H23ClN6O. The monoisotopic (exact) mass is 386 g/mol. The average Bonchev–Trinajstić information content (AvgIpc) is 2.96. The lowest BCUT2D eigenvalue weighted by Gasteiger charge is -2.45. The van der Waals surface area contributed by atoms with Crippen LogP contribution in [0.25, 0.3) is 11.2 Å². The average molecular weight is 387 g/mol. The van der Waals surface area contributed by atoms with Gasteiger partial charge in [-0.1, -0.05) is 32.4 Å². The molecule has 0 spiro atoms. The standard InChI is InChI=1S/C19H23ClN6O/c1-18(2,3)17-23-15-14(16(24-17)26-9-19(4,27)10-26)22-11-25(15)8-13-12(20)6-5-7-21-13/h5-7,11,27H,8-10H2,1-4H3. The van der Waals surface area contributed by atoms with E-state index in [4.69, 9.17) is 21.6 Å². The Morgan fingerprint density at radius 2 is 1.96 bits per heavy atom. The van der Waals surface area contributed by atoms with Gasteiger partial charge in [0.2, 0.25) is 0 Å². The number of hydrogen-bond donors (Lipinski definition) is 1. The van der Waals surface area contributed by atoms with Crippen molar-refractivity contribution in [3.8, 4) is 0 Å². The van der Waals surface area contributed by atoms with Crippen LogP contribution < -0.4 is 4.90 Å². The highest BCUT2D eigenvalue weighted by atomic mass is 35.5. The summed E-state index contributed by atoms with van der Waals surface area (Å²) < 4.78 is 1.95. The van der Waals surface area contributed by atoms with Gasteiger partial charge in [-0.3, -0.25) is 4.98 Å². The summed E-state index contributed by atoms with van der Waals surface area (Å²) in [4.78, 5) is 20.6. The van der Waals surface area contributed by atoms with Crippen LogP contribution in [-0.4, -0.2) is 48.3 Å². The van der Waals surface area contributed by atoms with E-state index in [1.165, 1.54) is 0 Å². The molecule has 1 saturated heterocycles. The van der Waals surface area contributed by atoms with E-state index < -0.39 is 5.60 Å². The van der Waals surface area contributed by atoms with Crippen LogP contribution in [0.15, 0.2) is 24.7 Å². The van der Waals surface area contributed by atoms with Crippen LogP contribution in [0.5, 0.6) is 0 Å². The lowest BCUT2D eigenvalue weighted by atomic mass is 9.95. The maximum Gasteiger partial charge on any atom is 0.166 e. The van der Waals surface area contributed by atoms with Gasteiger partial charge < -0.3 is 14.6 Å². The summed E-state index contributed by atoms with van der Waals surface area (Å²) in [5, 5.41) is 10.8. The van der Waals surface area contributed by atoms with E-state index in [9.17, 15) is 5.11 Å². The second-order valence-electron chi connectivity index (χ2n) is 8.45. The van der Waals surface area contributed by atoms with Crippen LogP contribution in [0.2, 0.25) is 5.02 Å². The number of anilines is 1. The second kappa shape index (κ2) is 6.14. The lowest BCUT2D eigenvalue weighted by Crippen LogP contribution is -2.60. The van der Waals surface area contributed by atoms with E-state index in [0.29, 0.717) is 24.7 Å². The van der Waals surface area contributed by atoms with Gasteiger partial charge in [0.05, 0.1) is 29.2 Å². The van der Waals surface area contributed by atoms with Gasteiger partial charge in [-0.05, 0) is 19.1 Å². The molecule has 0 amide bonds. The van der Waals surface area contributed by atoms with Crippen molar-refractivity contribution in [2.45, 2.75) is 45.3 Å². The van der Waals surface area contributed by atoms with E-state index >= 15 is 0 Å². The van der Waals surface area contributed by atoms with Crippen molar-refractivity contribution in [3.63, 3.8) is 0 Å². The number of pyridine rings is 1. The Morgan fingerprint density at radius 1 is 1.22 bits per heavy atom. The molecule has 4 heterocycles. The fourth-order valence-corrected chi connectivity index (χ4v) is 3.40. The number of rotatable bonds is 3. The maximum absolute atomic E-state index is 10.1. The van der Waals surface area contributed by atoms with Crippen molar-refractivity contribution in [2.24, 2.45) is 0 Å². The number of aliphatic hydroxyl groups is 1. The minimum Gasteiger partial charge on any atom is -0.386 e. The molecule has 27 heavy (non-hydrogen) atoms. The van der Waals surface area contributed by atoms with Crippen LogP contribution in [0.1, 0.15) is 39.2 Å². The van der Waals surface area contributed by atoms with Crippen molar-refractivity contribution in [1.82, 2.24) is 24.5 Å². The third-order valence-corrected chi connectivity index (χ3v) is 4.98. The zero-order valence-electron chi connectivity index (χ0n) is 15.9. The van der Waals surface area contributed by atoms with Crippen LogP contribution in [-0.2, 0) is 12.0 Å². The first-order chi connectivity index (χ1) is 12.6. The molecule has 1 aliphatic rings. The van der Waals surface area contributed by atoms with Crippen molar-refractivity contribution >= 4 is 28.6 Å². The van der Waals surface area contributed by atoms with E-state index in [-0.39, 0.29) is 5.41 Å². The number of imidazole rings is 1. The highest BCUT2D eigenvalue weighted by molar-refractivity contribution is 6.31. The maximum atomic E-state index is 10.1. The molecule has 0 atom stereocenters. The summed E-state index contributed by atoms with van der Waals surface area (Å²) in [7, 11) is 0. The number of halogens is 1. The molecule has 0 aromatic carbocycles. The van der Waals surface area contributed by atoms with Crippen LogP contribution >= 0.6 is 11.6 Å². The summed E-state index contributed by atoms with van der Waals surface area (Å²) in [5.74, 6) is 1.51. The van der Waals surface area contributed by atoms with Gasteiger partial charge in [-0.15, -0.1) is 0 Å². The number of nitrogens with zero attached hydrogens (tertiary/aromatic N) is 6. The molecule has 7 nitrogen and oxygen atoms in total. The Hall–Kier alpha value is -2.25. The van der Waals surface area contributed by atoms with Gasteiger partial charge >= 0.3 is 0 Å². The molecule has 0 bridgehead atoms. The molecule has 0 aliphatic carbocycles. The molecule has 0 saturated carbocycles. The fraction of sp³-hybridized carbons (Fsp3) is 0.474. The van der Waals surface area contributed by atoms with E-state index in [1.807, 2.05) is 28.5 Å². The Labute approximate surface area is 163 Å². The fourth-order valence-electron chi connectivity index (χ4n) is 3.22. The Morgan fingerprint density at radius 3 is 2.59 bits per heavy atom. The van der Waals surface area contributed by atoms with Gasteiger partial charge in [-0.2, -0.15) is 0 Å². The van der Waals surface area contributed by atoms with E-state index in [1.54, 1.807) is 12.5 Å². The van der Waals surface area contributed by atoms with Gasteiger partial charge in [0.25, 0.3) is 0 Å². The molecule has 3 aromatic heterocycles. The summed E-state index contributed by atoms with van der Waals surface area (Å²) in [6, 6.07) is 3.64. The topological polar surface area (TPSA) is 80.0 Å². The van der Waals surface area contributed by atoms with Crippen LogP contribution in [0.3, 0.4) is 0 Å². The Kier molecular flexibility index (Phi) is 4.12. The third-order valence-electron chi connectivity index (χ3n) is 4.63. The molecule has 1 aliphatic heterocycles. The first-order valence-corrected chi connectivity index (χ1v) is 9.32. The smallest absolute Gasteiger partial charge is 0.166 e. The Balaban J connectivity index is 1.82. The number of hydrogen-bond acceptors (Lipinski definition) is 6. The van der Waals surface area contributed by atoms with E-state index in [0.717, 1.165) is 28.5 Å². The first-order valence-electron chi connectivity index (χ1n) is 8.94. The molecule has 0 unspecified atom stereocenters. The molecule has 0 radical (unpaired) electrons. The van der Waals surface area contributed by atoms with Gasteiger partial charge in [0.15, 0.2) is 17.0 Å². The Bertz CT molecular complexity index is 999. The van der Waals surface area contributed by atoms with Crippen LogP contribution in [0, 0.1) is 0 Å². The lowest BCUT2D eigenvalue weighted by molar-refractivity contribution is 0.0306. The van der Waals surface area contributed by atoms with Crippen molar-refractivity contribution in [1.29, 1.82) is 0 Å². The van der Waals surface area contributed by atoms with Crippen LogP contribution in [0.4, 0.5) is 5.82 Å². The molecule has 8 heteroatoms. The number of β-amino-alcohol motifs (C(OH)–C–C–N with tert-alkyl or cyclic N) is 1. The highest BCUT2D eigenvalue weighted by Crippen LogP contribution is 2.33. The molecule has 3 aromatic rings. The quantitative estimate of drug-likeness (QED) is 0.745. The molecule has 1 N–H and O–H groups in total. The third kappa shape index (κ3) is 3.37. The molecule has 4 rings (SSSR count). The zero-order valence-corrected chi connectivity index (χ0v) is 16.7. The summed E-state index contributed by atoms with van der Waals surface area (Å²) >= 11 is 6.28. The van der Waals surface area contributed by atoms with Gasteiger partial charge in [0.1, 0.15) is 5.82 Å². The minimum atomic E-state index is -0.691. The highest BCUT2D eigenvalue weighted by Gasteiger charge is 2.39. The minimum absolute atomic E-state index is 0.214. The van der Waals surface area contributed by atoms with E-state index in [2.05, 4.69) is 30.7 Å². The SMILES string of the molecule is CC1(O)CN(c2nc(C(C)(C)C)nc3c2ncn3Cc2ncccc2Cl)C1. The predicted octanol–water partition coefficient (Wildman–Crippen LogP) is 2.79. The van der Waals surface area contributed by atoms with Gasteiger partial charge in [-0.25, -0.2) is 15.0 Å². The second-order valence-corrected chi connectivity index (χ2v) is 8.86. The molecule has 142 valence electrons. The normalized spacial score (nSPS) is 16.6. The van der Waals surface area contributed by atoms with Crippen molar-refractivity contribution < 1.29 is 5.11 Å². The molecule has 1 fully saturated rings.